The van der Waals surface area contributed by atoms with Crippen LogP contribution in [0.25, 0.3) is 0 Å². The highest BCUT2D eigenvalue weighted by Gasteiger charge is 2.61. The van der Waals surface area contributed by atoms with E-state index in [0.717, 1.165) is 55.0 Å². The number of thioether (sulfide) groups is 1. The van der Waals surface area contributed by atoms with E-state index >= 15 is 0 Å². The lowest BCUT2D eigenvalue weighted by Gasteiger charge is -2.67. The van der Waals surface area contributed by atoms with Gasteiger partial charge in [-0.3, -0.25) is 0 Å². The van der Waals surface area contributed by atoms with Gasteiger partial charge < -0.3 is 14.4 Å². The SMILES string of the molecule is CCCC[C@@H]1CN(C23CC(C2)C3)c2cc(SC)c(O/C=C/C(=O)OCC)cc2S(=O)(=O)N1C. The maximum absolute atomic E-state index is 13.8. The lowest BCUT2D eigenvalue weighted by molar-refractivity contribution is -0.137. The lowest BCUT2D eigenvalue weighted by atomic mass is 9.49. The molecule has 3 saturated carbocycles. The Balaban J connectivity index is 1.75. The normalized spacial score (nSPS) is 27.9. The molecule has 0 unspecified atom stereocenters. The largest absolute Gasteiger partial charge is 0.464 e. The molecule has 2 bridgehead atoms. The molecule has 3 fully saturated rings. The number of unbranched alkanes of at least 4 members (excludes halogenated alkanes) is 1. The Kier molecular flexibility index (Phi) is 7.03. The molecule has 1 aliphatic heterocycles. The maximum atomic E-state index is 13.8. The minimum Gasteiger partial charge on any atom is -0.464 e. The number of anilines is 1. The van der Waals surface area contributed by atoms with E-state index in [2.05, 4.69) is 11.8 Å². The smallest absolute Gasteiger partial charge is 0.333 e. The molecule has 0 N–H and O–H groups in total. The van der Waals surface area contributed by atoms with Crippen LogP contribution in [0.15, 0.2) is 34.3 Å². The van der Waals surface area contributed by atoms with Crippen molar-refractivity contribution < 1.29 is 22.7 Å². The molecular weight excluding hydrogens is 460 g/mol. The number of ether oxygens (including phenoxy) is 2. The predicted octanol–water partition coefficient (Wildman–Crippen LogP) is 4.42. The quantitative estimate of drug-likeness (QED) is 0.218. The summed E-state index contributed by atoms with van der Waals surface area (Å²) < 4.78 is 39.7. The van der Waals surface area contributed by atoms with Crippen molar-refractivity contribution in [1.29, 1.82) is 0 Å². The van der Waals surface area contributed by atoms with Gasteiger partial charge in [-0.15, -0.1) is 11.8 Å². The van der Waals surface area contributed by atoms with Gasteiger partial charge >= 0.3 is 5.97 Å². The third-order valence-corrected chi connectivity index (χ3v) is 9.95. The molecule has 1 atom stereocenters. The number of fused-ring (bicyclic) bond motifs is 1. The molecule has 182 valence electrons. The van der Waals surface area contributed by atoms with Crippen LogP contribution in [-0.2, 0) is 19.6 Å². The van der Waals surface area contributed by atoms with Crippen molar-refractivity contribution in [3.8, 4) is 5.75 Å². The molecule has 0 spiro atoms. The number of carbonyl (C=O) groups excluding carboxylic acids is 1. The molecule has 9 heteroatoms. The standard InChI is InChI=1S/C24H34N2O5S2/c1-5-7-8-18-16-26(24-13-17(14-24)15-24)19-11-21(32-4)20(31-10-9-23(27)30-6-2)12-22(19)33(28,29)25(18)3/h9-12,17-18H,5-8,13-16H2,1-4H3/b10-9+/t17?,18-,24?/m1/s1. The van der Waals surface area contributed by atoms with Crippen LogP contribution < -0.4 is 9.64 Å². The average molecular weight is 495 g/mol. The number of nitrogens with zero attached hydrogens (tertiary/aromatic N) is 2. The van der Waals surface area contributed by atoms with E-state index in [1.165, 1.54) is 24.1 Å². The second kappa shape index (κ2) is 9.50. The van der Waals surface area contributed by atoms with Crippen molar-refractivity contribution >= 4 is 33.4 Å². The van der Waals surface area contributed by atoms with E-state index in [-0.39, 0.29) is 23.1 Å². The van der Waals surface area contributed by atoms with Gasteiger partial charge in [0.15, 0.2) is 0 Å². The van der Waals surface area contributed by atoms with Gasteiger partial charge in [-0.25, -0.2) is 13.2 Å². The summed E-state index contributed by atoms with van der Waals surface area (Å²) in [5.74, 6) is 0.706. The highest BCUT2D eigenvalue weighted by atomic mass is 32.2. The zero-order valence-electron chi connectivity index (χ0n) is 19.9. The molecule has 0 radical (unpaired) electrons. The van der Waals surface area contributed by atoms with Crippen LogP contribution in [0.2, 0.25) is 0 Å². The van der Waals surface area contributed by atoms with Gasteiger partial charge in [0.25, 0.3) is 0 Å². The van der Waals surface area contributed by atoms with Gasteiger partial charge in [0, 0.05) is 31.2 Å². The van der Waals surface area contributed by atoms with E-state index in [1.807, 2.05) is 12.3 Å². The highest BCUT2D eigenvalue weighted by molar-refractivity contribution is 7.98. The van der Waals surface area contributed by atoms with Crippen molar-refractivity contribution in [1.82, 2.24) is 4.31 Å². The Morgan fingerprint density at radius 2 is 2.00 bits per heavy atom. The van der Waals surface area contributed by atoms with E-state index in [0.29, 0.717) is 12.3 Å². The van der Waals surface area contributed by atoms with E-state index in [9.17, 15) is 13.2 Å². The molecule has 0 amide bonds. The first-order chi connectivity index (χ1) is 15.8. The fourth-order valence-corrected chi connectivity index (χ4v) is 7.36. The van der Waals surface area contributed by atoms with Gasteiger partial charge in [-0.05, 0) is 50.8 Å². The second-order valence-electron chi connectivity index (χ2n) is 9.27. The minimum atomic E-state index is -3.71. The Morgan fingerprint density at radius 3 is 2.58 bits per heavy atom. The van der Waals surface area contributed by atoms with E-state index in [1.54, 1.807) is 24.3 Å². The highest BCUT2D eigenvalue weighted by Crippen LogP contribution is 2.62. The van der Waals surface area contributed by atoms with Gasteiger partial charge in [0.05, 0.1) is 29.5 Å². The lowest BCUT2D eigenvalue weighted by Crippen LogP contribution is -2.69. The number of benzene rings is 1. The van der Waals surface area contributed by atoms with Crippen molar-refractivity contribution in [2.24, 2.45) is 5.92 Å². The third kappa shape index (κ3) is 4.39. The van der Waals surface area contributed by atoms with Crippen LogP contribution in [0.4, 0.5) is 5.69 Å². The summed E-state index contributed by atoms with van der Waals surface area (Å²) in [6.07, 6.45) is 10.7. The minimum absolute atomic E-state index is 0.0674. The second-order valence-corrected chi connectivity index (χ2v) is 12.1. The Morgan fingerprint density at radius 1 is 1.27 bits per heavy atom. The average Bonchev–Trinajstić information content (AvgIpc) is 2.79. The van der Waals surface area contributed by atoms with Crippen LogP contribution in [0.1, 0.15) is 52.4 Å². The van der Waals surface area contributed by atoms with Crippen molar-refractivity contribution in [2.45, 2.75) is 73.7 Å². The zero-order chi connectivity index (χ0) is 23.8. The number of hydrogen-bond donors (Lipinski definition) is 0. The molecule has 0 aromatic heterocycles. The van der Waals surface area contributed by atoms with E-state index < -0.39 is 16.0 Å². The fourth-order valence-electron chi connectivity index (χ4n) is 5.25. The van der Waals surface area contributed by atoms with Crippen LogP contribution >= 0.6 is 11.8 Å². The number of esters is 1. The Labute approximate surface area is 201 Å². The molecule has 33 heavy (non-hydrogen) atoms. The summed E-state index contributed by atoms with van der Waals surface area (Å²) in [5.41, 5.74) is 0.872. The van der Waals surface area contributed by atoms with Crippen molar-refractivity contribution in [3.05, 3.63) is 24.5 Å². The van der Waals surface area contributed by atoms with Gasteiger partial charge in [0.2, 0.25) is 10.0 Å². The predicted molar refractivity (Wildman–Crippen MR) is 130 cm³/mol. The van der Waals surface area contributed by atoms with Crippen molar-refractivity contribution in [3.63, 3.8) is 0 Å². The van der Waals surface area contributed by atoms with Gasteiger partial charge in [0.1, 0.15) is 10.6 Å². The topological polar surface area (TPSA) is 76.1 Å². The molecule has 1 aromatic carbocycles. The number of rotatable bonds is 9. The molecule has 0 saturated heterocycles. The molecule has 7 nitrogen and oxygen atoms in total. The summed E-state index contributed by atoms with van der Waals surface area (Å²) in [6, 6.07) is 3.52. The van der Waals surface area contributed by atoms with Crippen LogP contribution in [-0.4, -0.2) is 56.7 Å². The molecular formula is C24H34N2O5S2. The number of sulfonamides is 1. The maximum Gasteiger partial charge on any atom is 0.333 e. The first kappa shape index (κ1) is 24.4. The molecule has 1 aromatic rings. The molecule has 5 rings (SSSR count). The van der Waals surface area contributed by atoms with Crippen LogP contribution in [0.5, 0.6) is 5.75 Å². The summed E-state index contributed by atoms with van der Waals surface area (Å²) in [7, 11) is -2.00. The summed E-state index contributed by atoms with van der Waals surface area (Å²) in [5, 5.41) is 0. The van der Waals surface area contributed by atoms with Gasteiger partial charge in [-0.2, -0.15) is 4.31 Å². The van der Waals surface area contributed by atoms with Crippen LogP contribution in [0.3, 0.4) is 0 Å². The number of carbonyl (C=O) groups is 1. The van der Waals surface area contributed by atoms with Crippen LogP contribution in [0, 0.1) is 5.92 Å². The number of hydrogen-bond acceptors (Lipinski definition) is 7. The first-order valence-electron chi connectivity index (χ1n) is 11.7. The molecule has 1 heterocycles. The first-order valence-corrected chi connectivity index (χ1v) is 14.4. The van der Waals surface area contributed by atoms with E-state index in [4.69, 9.17) is 9.47 Å². The Hall–Kier alpha value is -1.71. The molecule has 4 aliphatic rings. The Bertz CT molecular complexity index is 1020. The van der Waals surface area contributed by atoms with Gasteiger partial charge in [-0.1, -0.05) is 19.8 Å². The summed E-state index contributed by atoms with van der Waals surface area (Å²) in [4.78, 5) is 15.1. The molecule has 3 aliphatic carbocycles. The number of likely N-dealkylation sites (N-methyl/N-ethyl adjacent to an activating group) is 1. The zero-order valence-corrected chi connectivity index (χ0v) is 21.5. The monoisotopic (exact) mass is 494 g/mol. The fraction of sp³-hybridized carbons (Fsp3) is 0.625. The summed E-state index contributed by atoms with van der Waals surface area (Å²) >= 11 is 1.50. The third-order valence-electron chi connectivity index (χ3n) is 7.26. The summed E-state index contributed by atoms with van der Waals surface area (Å²) in [6.45, 7) is 4.86. The van der Waals surface area contributed by atoms with Crippen molar-refractivity contribution in [2.75, 3.05) is 31.4 Å².